The van der Waals surface area contributed by atoms with Crippen LogP contribution in [0.3, 0.4) is 0 Å². The number of carbonyl (C=O) groups is 3. The number of amides is 2. The minimum Gasteiger partial charge on any atom is -0.480 e. The van der Waals surface area contributed by atoms with E-state index in [1.165, 1.54) is 35.1 Å². The van der Waals surface area contributed by atoms with Gasteiger partial charge in [0.25, 0.3) is 0 Å². The van der Waals surface area contributed by atoms with Gasteiger partial charge in [-0.2, -0.15) is 0 Å². The Morgan fingerprint density at radius 3 is 2.17 bits per heavy atom. The number of nitrogens with one attached hydrogen (secondary N) is 1. The van der Waals surface area contributed by atoms with Crippen LogP contribution in [0, 0.1) is 0 Å². The first kappa shape index (κ1) is 24.3. The molecule has 2 aromatic rings. The molecule has 0 aliphatic carbocycles. The Kier molecular flexibility index (Phi) is 8.98. The summed E-state index contributed by atoms with van der Waals surface area (Å²) in [6.45, 7) is 8.26. The van der Waals surface area contributed by atoms with Crippen LogP contribution in [0.15, 0.2) is 21.8 Å². The van der Waals surface area contributed by atoms with Crippen LogP contribution in [0.1, 0.15) is 34.6 Å². The summed E-state index contributed by atoms with van der Waals surface area (Å²) in [6.07, 6.45) is -0.719. The molecule has 0 spiro atoms. The molecule has 0 radical (unpaired) electrons. The van der Waals surface area contributed by atoms with Crippen molar-refractivity contribution in [3.8, 4) is 0 Å². The largest absolute Gasteiger partial charge is 0.480 e. The topological polar surface area (TPSA) is 148 Å². The molecule has 4 N–H and O–H groups in total. The number of aliphatic carboxylic acids is 1. The lowest BCUT2D eigenvalue weighted by Gasteiger charge is -2.28. The van der Waals surface area contributed by atoms with Crippen LogP contribution < -0.4 is 16.0 Å². The van der Waals surface area contributed by atoms with Gasteiger partial charge in [0.15, 0.2) is 0 Å². The number of rotatable bonds is 6. The molecule has 0 fully saturated rings. The molecular weight excluding hydrogens is 418 g/mol. The Labute approximate surface area is 176 Å². The van der Waals surface area contributed by atoms with Crippen molar-refractivity contribution in [2.45, 2.75) is 52.3 Å². The van der Waals surface area contributed by atoms with Crippen LogP contribution >= 0.6 is 22.7 Å². The summed E-state index contributed by atoms with van der Waals surface area (Å²) < 4.78 is 5.18. The zero-order valence-electron chi connectivity index (χ0n) is 16.8. The quantitative estimate of drug-likeness (QED) is 0.617. The highest BCUT2D eigenvalue weighted by Gasteiger charge is 2.32. The zero-order chi connectivity index (χ0) is 22.2. The molecule has 29 heavy (non-hydrogen) atoms. The summed E-state index contributed by atoms with van der Waals surface area (Å²) in [5.41, 5.74) is 7.56. The highest BCUT2D eigenvalue weighted by atomic mass is 32.1. The molecule has 0 saturated heterocycles. The molecule has 0 unspecified atom stereocenters. The maximum Gasteiger partial charge on any atom is 0.416 e. The van der Waals surface area contributed by atoms with Gasteiger partial charge in [0.2, 0.25) is 5.91 Å². The van der Waals surface area contributed by atoms with Crippen molar-refractivity contribution in [1.82, 2.24) is 9.97 Å². The number of nitrogens with two attached hydrogens (primary N) is 1. The molecule has 0 saturated carbocycles. The molecule has 0 aliphatic rings. The number of hydrogen-bond donors (Lipinski definition) is 3. The summed E-state index contributed by atoms with van der Waals surface area (Å²) in [6, 6.07) is -1.40. The molecule has 0 aromatic carbocycles. The minimum atomic E-state index is -1.12. The summed E-state index contributed by atoms with van der Waals surface area (Å²) >= 11 is 2.75. The Bertz CT molecular complexity index is 790. The van der Waals surface area contributed by atoms with Gasteiger partial charge < -0.3 is 20.9 Å². The number of carboxylic acid groups (broad SMARTS) is 1. The van der Waals surface area contributed by atoms with Crippen LogP contribution in [0.5, 0.6) is 0 Å². The molecule has 0 bridgehead atoms. The first-order chi connectivity index (χ1) is 13.4. The van der Waals surface area contributed by atoms with E-state index in [-0.39, 0.29) is 17.8 Å². The van der Waals surface area contributed by atoms with Gasteiger partial charge in [-0.1, -0.05) is 0 Å². The molecule has 2 rings (SSSR count). The van der Waals surface area contributed by atoms with Gasteiger partial charge in [-0.15, -0.1) is 22.7 Å². The van der Waals surface area contributed by atoms with Crippen LogP contribution in [0.2, 0.25) is 0 Å². The maximum absolute atomic E-state index is 12.0. The molecule has 2 amide bonds. The average molecular weight is 444 g/mol. The number of carbonyl (C=O) groups excluding carboxylic acids is 2. The van der Waals surface area contributed by atoms with Gasteiger partial charge in [0.1, 0.15) is 29.3 Å². The van der Waals surface area contributed by atoms with Crippen molar-refractivity contribution < 1.29 is 24.2 Å². The van der Waals surface area contributed by atoms with Crippen LogP contribution in [-0.4, -0.2) is 50.7 Å². The van der Waals surface area contributed by atoms with E-state index in [0.29, 0.717) is 5.82 Å². The Morgan fingerprint density at radius 2 is 1.76 bits per heavy atom. The van der Waals surface area contributed by atoms with Gasteiger partial charge in [-0.05, 0) is 34.6 Å². The second kappa shape index (κ2) is 10.7. The Balaban J connectivity index is 0.000000326. The van der Waals surface area contributed by atoms with E-state index in [9.17, 15) is 14.4 Å². The second-order valence-corrected chi connectivity index (χ2v) is 8.29. The van der Waals surface area contributed by atoms with Gasteiger partial charge in [-0.3, -0.25) is 4.79 Å². The molecule has 12 heteroatoms. The fraction of sp³-hybridized carbons (Fsp3) is 0.471. The lowest BCUT2D eigenvalue weighted by molar-refractivity contribution is -0.138. The standard InChI is InChI=1S/C11H16N2O4S.C6H9N3OS/c1-7(9(14)15)13(8-5-18-6-12-8)10(16)17-11(2,3)4;1-4(6(7)10)9-5-2-11-3-8-5/h5-7H,1-4H3,(H,14,15);2-4,9H,1H3,(H2,7,10)/t7-;4-/m00/s1. The van der Waals surface area contributed by atoms with Crippen LogP contribution in [0.4, 0.5) is 16.4 Å². The molecule has 2 atom stereocenters. The first-order valence-electron chi connectivity index (χ1n) is 8.49. The van der Waals surface area contributed by atoms with E-state index in [0.717, 1.165) is 4.90 Å². The van der Waals surface area contributed by atoms with E-state index < -0.39 is 23.7 Å². The fourth-order valence-electron chi connectivity index (χ4n) is 1.77. The summed E-state index contributed by atoms with van der Waals surface area (Å²) in [7, 11) is 0. The molecule has 10 nitrogen and oxygen atoms in total. The number of carboxylic acids is 1. The van der Waals surface area contributed by atoms with Crippen molar-refractivity contribution in [3.63, 3.8) is 0 Å². The Morgan fingerprint density at radius 1 is 1.17 bits per heavy atom. The van der Waals surface area contributed by atoms with Crippen LogP contribution in [-0.2, 0) is 14.3 Å². The fourth-order valence-corrected chi connectivity index (χ4v) is 2.79. The number of aromatic nitrogens is 2. The highest BCUT2D eigenvalue weighted by molar-refractivity contribution is 7.08. The summed E-state index contributed by atoms with van der Waals surface area (Å²) in [4.78, 5) is 42.5. The smallest absolute Gasteiger partial charge is 0.416 e. The normalized spacial score (nSPS) is 12.7. The molecule has 2 aromatic heterocycles. The molecule has 2 heterocycles. The maximum atomic E-state index is 12.0. The lowest BCUT2D eigenvalue weighted by atomic mass is 10.2. The number of primary amides is 1. The van der Waals surface area contributed by atoms with Crippen LogP contribution in [0.25, 0.3) is 0 Å². The number of ether oxygens (including phenoxy) is 1. The second-order valence-electron chi connectivity index (χ2n) is 6.85. The molecule has 160 valence electrons. The highest BCUT2D eigenvalue weighted by Crippen LogP contribution is 2.20. The number of nitrogens with zero attached hydrogens (tertiary/aromatic N) is 3. The van der Waals surface area contributed by atoms with Gasteiger partial charge in [-0.25, -0.2) is 24.5 Å². The third-order valence-electron chi connectivity index (χ3n) is 3.22. The van der Waals surface area contributed by atoms with E-state index in [1.54, 1.807) is 38.6 Å². The molecular formula is C17H25N5O5S2. The van der Waals surface area contributed by atoms with E-state index >= 15 is 0 Å². The van der Waals surface area contributed by atoms with Crippen molar-refractivity contribution in [2.24, 2.45) is 5.73 Å². The molecule has 0 aliphatic heterocycles. The van der Waals surface area contributed by atoms with Gasteiger partial charge in [0, 0.05) is 10.8 Å². The predicted molar refractivity (Wildman–Crippen MR) is 112 cm³/mol. The summed E-state index contributed by atoms with van der Waals surface area (Å²) in [5.74, 6) is -0.516. The van der Waals surface area contributed by atoms with Crippen molar-refractivity contribution >= 4 is 52.3 Å². The number of anilines is 2. The summed E-state index contributed by atoms with van der Waals surface area (Å²) in [5, 5.41) is 15.3. The monoisotopic (exact) mass is 443 g/mol. The van der Waals surface area contributed by atoms with E-state index in [2.05, 4.69) is 15.3 Å². The number of thiazole rings is 2. The predicted octanol–water partition coefficient (Wildman–Crippen LogP) is 2.79. The Hall–Kier alpha value is -2.73. The van der Waals surface area contributed by atoms with Crippen molar-refractivity contribution in [3.05, 3.63) is 21.8 Å². The number of hydrogen-bond acceptors (Lipinski definition) is 9. The third kappa shape index (κ3) is 8.44. The van der Waals surface area contributed by atoms with Gasteiger partial charge in [0.05, 0.1) is 11.0 Å². The van der Waals surface area contributed by atoms with E-state index in [4.69, 9.17) is 15.6 Å². The lowest BCUT2D eigenvalue weighted by Crippen LogP contribution is -2.46. The van der Waals surface area contributed by atoms with Gasteiger partial charge >= 0.3 is 12.1 Å². The third-order valence-corrected chi connectivity index (χ3v) is 4.38. The zero-order valence-corrected chi connectivity index (χ0v) is 18.4. The minimum absolute atomic E-state index is 0.282. The first-order valence-corrected chi connectivity index (χ1v) is 10.4. The van der Waals surface area contributed by atoms with Crippen molar-refractivity contribution in [2.75, 3.05) is 10.2 Å². The van der Waals surface area contributed by atoms with E-state index in [1.807, 2.05) is 5.38 Å². The average Bonchev–Trinajstić information content (AvgIpc) is 3.27. The SMILES string of the molecule is C[C@@H](C(=O)O)N(C(=O)OC(C)(C)C)c1cscn1.C[C@H](Nc1cscn1)C(N)=O. The van der Waals surface area contributed by atoms with Crippen molar-refractivity contribution in [1.29, 1.82) is 0 Å².